The normalized spacial score (nSPS) is 17.2. The number of rotatable bonds is 10. The first-order valence-electron chi connectivity index (χ1n) is 10.9. The number of piperidine rings is 1. The first kappa shape index (κ1) is 26.6. The van der Waals surface area contributed by atoms with Crippen molar-refractivity contribution in [1.29, 1.82) is 0 Å². The van der Waals surface area contributed by atoms with Gasteiger partial charge in [0.25, 0.3) is 0 Å². The highest BCUT2D eigenvalue weighted by Crippen LogP contribution is 2.16. The SMILES string of the molecule is CCNC(=NCCCN1CCCCC1C)NCCNC(=O)Cc1ccc(F)cc1.I. The second-order valence-corrected chi connectivity index (χ2v) is 7.57. The molecule has 1 amide bonds. The van der Waals surface area contributed by atoms with E-state index in [2.05, 4.69) is 32.8 Å². The number of halogens is 2. The van der Waals surface area contributed by atoms with Gasteiger partial charge in [0.15, 0.2) is 5.96 Å². The minimum absolute atomic E-state index is 0. The Morgan fingerprint density at radius 2 is 1.90 bits per heavy atom. The summed E-state index contributed by atoms with van der Waals surface area (Å²) < 4.78 is 12.9. The van der Waals surface area contributed by atoms with Crippen molar-refractivity contribution in [3.63, 3.8) is 0 Å². The summed E-state index contributed by atoms with van der Waals surface area (Å²) >= 11 is 0. The molecule has 0 spiro atoms. The molecule has 170 valence electrons. The summed E-state index contributed by atoms with van der Waals surface area (Å²) in [5, 5.41) is 9.37. The van der Waals surface area contributed by atoms with Gasteiger partial charge in [-0.25, -0.2) is 4.39 Å². The molecule has 30 heavy (non-hydrogen) atoms. The van der Waals surface area contributed by atoms with Gasteiger partial charge in [0, 0.05) is 38.8 Å². The van der Waals surface area contributed by atoms with E-state index < -0.39 is 0 Å². The van der Waals surface area contributed by atoms with Crippen molar-refractivity contribution in [3.05, 3.63) is 35.6 Å². The Kier molecular flexibility index (Phi) is 13.7. The molecule has 1 aliphatic heterocycles. The summed E-state index contributed by atoms with van der Waals surface area (Å²) in [6.07, 6.45) is 5.27. The molecule has 0 aromatic heterocycles. The molecular weight excluding hydrogens is 496 g/mol. The van der Waals surface area contributed by atoms with Crippen LogP contribution in [0.3, 0.4) is 0 Å². The number of nitrogens with one attached hydrogen (secondary N) is 3. The first-order chi connectivity index (χ1) is 14.1. The number of carbonyl (C=O) groups excluding carboxylic acids is 1. The Balaban J connectivity index is 0.00000450. The van der Waals surface area contributed by atoms with Gasteiger partial charge >= 0.3 is 0 Å². The van der Waals surface area contributed by atoms with Crippen LogP contribution in [0, 0.1) is 5.82 Å². The molecular formula is C22H37FIN5O. The minimum atomic E-state index is -0.293. The maximum Gasteiger partial charge on any atom is 0.224 e. The highest BCUT2D eigenvalue weighted by molar-refractivity contribution is 14.0. The van der Waals surface area contributed by atoms with Crippen LogP contribution in [-0.4, -0.2) is 62.1 Å². The number of aliphatic imine (C=N–C) groups is 1. The standard InChI is InChI=1S/C22H36FN5O.HI/c1-3-24-22(26-12-6-16-28-15-5-4-7-18(28)2)27-14-13-25-21(29)17-19-8-10-20(23)11-9-19;/h8-11,18H,3-7,12-17H2,1-2H3,(H,25,29)(H2,24,26,27);1H. The molecule has 1 heterocycles. The number of benzene rings is 1. The zero-order valence-electron chi connectivity index (χ0n) is 18.3. The Morgan fingerprint density at radius 3 is 2.60 bits per heavy atom. The van der Waals surface area contributed by atoms with Crippen LogP contribution in [-0.2, 0) is 11.2 Å². The predicted octanol–water partition coefficient (Wildman–Crippen LogP) is 2.92. The Morgan fingerprint density at radius 1 is 1.17 bits per heavy atom. The van der Waals surface area contributed by atoms with Crippen molar-refractivity contribution >= 4 is 35.8 Å². The van der Waals surface area contributed by atoms with E-state index in [9.17, 15) is 9.18 Å². The van der Waals surface area contributed by atoms with E-state index in [0.29, 0.717) is 19.1 Å². The van der Waals surface area contributed by atoms with Crippen molar-refractivity contribution in [1.82, 2.24) is 20.9 Å². The Bertz CT molecular complexity index is 641. The number of amides is 1. The van der Waals surface area contributed by atoms with E-state index in [-0.39, 0.29) is 42.1 Å². The number of nitrogens with zero attached hydrogens (tertiary/aromatic N) is 2. The quantitative estimate of drug-likeness (QED) is 0.187. The van der Waals surface area contributed by atoms with Crippen LogP contribution in [0.4, 0.5) is 4.39 Å². The van der Waals surface area contributed by atoms with Crippen molar-refractivity contribution in [3.8, 4) is 0 Å². The maximum atomic E-state index is 12.9. The van der Waals surface area contributed by atoms with Crippen molar-refractivity contribution in [2.24, 2.45) is 4.99 Å². The summed E-state index contributed by atoms with van der Waals surface area (Å²) in [5.74, 6) is 0.419. The third-order valence-corrected chi connectivity index (χ3v) is 5.18. The molecule has 0 aliphatic carbocycles. The number of hydrogen-bond donors (Lipinski definition) is 3. The average molecular weight is 533 g/mol. The number of hydrogen-bond acceptors (Lipinski definition) is 3. The van der Waals surface area contributed by atoms with E-state index in [4.69, 9.17) is 0 Å². The van der Waals surface area contributed by atoms with Crippen LogP contribution in [0.5, 0.6) is 0 Å². The lowest BCUT2D eigenvalue weighted by Crippen LogP contribution is -2.42. The van der Waals surface area contributed by atoms with Gasteiger partial charge in [0.2, 0.25) is 5.91 Å². The Hall–Kier alpha value is -1.42. The molecule has 2 rings (SSSR count). The first-order valence-corrected chi connectivity index (χ1v) is 10.9. The van der Waals surface area contributed by atoms with E-state index in [1.165, 1.54) is 37.9 Å². The summed E-state index contributed by atoms with van der Waals surface area (Å²) in [6.45, 7) is 9.36. The molecule has 0 bridgehead atoms. The van der Waals surface area contributed by atoms with E-state index in [1.807, 2.05) is 6.92 Å². The lowest BCUT2D eigenvalue weighted by molar-refractivity contribution is -0.120. The van der Waals surface area contributed by atoms with Crippen LogP contribution in [0.1, 0.15) is 45.1 Å². The van der Waals surface area contributed by atoms with Crippen LogP contribution in [0.2, 0.25) is 0 Å². The molecule has 1 saturated heterocycles. The lowest BCUT2D eigenvalue weighted by atomic mass is 10.0. The van der Waals surface area contributed by atoms with E-state index in [0.717, 1.165) is 37.6 Å². The van der Waals surface area contributed by atoms with Gasteiger partial charge in [0.1, 0.15) is 5.82 Å². The third-order valence-electron chi connectivity index (χ3n) is 5.18. The van der Waals surface area contributed by atoms with Gasteiger partial charge < -0.3 is 20.9 Å². The van der Waals surface area contributed by atoms with Crippen molar-refractivity contribution in [2.45, 2.75) is 52.0 Å². The molecule has 1 atom stereocenters. The zero-order valence-corrected chi connectivity index (χ0v) is 20.6. The van der Waals surface area contributed by atoms with Gasteiger partial charge in [-0.15, -0.1) is 24.0 Å². The van der Waals surface area contributed by atoms with Crippen LogP contribution < -0.4 is 16.0 Å². The van der Waals surface area contributed by atoms with Gasteiger partial charge in [-0.1, -0.05) is 18.6 Å². The summed E-state index contributed by atoms with van der Waals surface area (Å²) in [5.41, 5.74) is 0.801. The van der Waals surface area contributed by atoms with Crippen LogP contribution in [0.25, 0.3) is 0 Å². The van der Waals surface area contributed by atoms with Crippen molar-refractivity contribution in [2.75, 3.05) is 39.3 Å². The number of likely N-dealkylation sites (tertiary alicyclic amines) is 1. The molecule has 1 aromatic rings. The van der Waals surface area contributed by atoms with E-state index in [1.54, 1.807) is 12.1 Å². The van der Waals surface area contributed by atoms with Gasteiger partial charge in [-0.2, -0.15) is 0 Å². The summed E-state index contributed by atoms with van der Waals surface area (Å²) in [6, 6.07) is 6.70. The fraction of sp³-hybridized carbons (Fsp3) is 0.636. The fourth-order valence-corrected chi connectivity index (χ4v) is 3.53. The molecule has 1 unspecified atom stereocenters. The largest absolute Gasteiger partial charge is 0.357 e. The zero-order chi connectivity index (χ0) is 20.9. The topological polar surface area (TPSA) is 68.8 Å². The number of carbonyl (C=O) groups is 1. The van der Waals surface area contributed by atoms with Gasteiger partial charge in [-0.3, -0.25) is 9.79 Å². The predicted molar refractivity (Wildman–Crippen MR) is 132 cm³/mol. The second-order valence-electron chi connectivity index (χ2n) is 7.57. The monoisotopic (exact) mass is 533 g/mol. The smallest absolute Gasteiger partial charge is 0.224 e. The second kappa shape index (κ2) is 15.4. The molecule has 1 aliphatic rings. The molecule has 0 saturated carbocycles. The van der Waals surface area contributed by atoms with Crippen LogP contribution >= 0.6 is 24.0 Å². The highest BCUT2D eigenvalue weighted by Gasteiger charge is 2.16. The molecule has 1 aromatic carbocycles. The molecule has 3 N–H and O–H groups in total. The third kappa shape index (κ3) is 10.6. The van der Waals surface area contributed by atoms with Crippen molar-refractivity contribution < 1.29 is 9.18 Å². The maximum absolute atomic E-state index is 12.9. The number of guanidine groups is 1. The molecule has 0 radical (unpaired) electrons. The lowest BCUT2D eigenvalue weighted by Gasteiger charge is -2.33. The van der Waals surface area contributed by atoms with Gasteiger partial charge in [0.05, 0.1) is 6.42 Å². The summed E-state index contributed by atoms with van der Waals surface area (Å²) in [4.78, 5) is 19.2. The van der Waals surface area contributed by atoms with Gasteiger partial charge in [-0.05, 0) is 57.4 Å². The molecule has 1 fully saturated rings. The molecule has 8 heteroatoms. The summed E-state index contributed by atoms with van der Waals surface area (Å²) in [7, 11) is 0. The van der Waals surface area contributed by atoms with E-state index >= 15 is 0 Å². The molecule has 6 nitrogen and oxygen atoms in total. The fourth-order valence-electron chi connectivity index (χ4n) is 3.53. The minimum Gasteiger partial charge on any atom is -0.357 e. The van der Waals surface area contributed by atoms with Crippen LogP contribution in [0.15, 0.2) is 29.3 Å². The highest BCUT2D eigenvalue weighted by atomic mass is 127. The average Bonchev–Trinajstić information content (AvgIpc) is 2.71. The Labute approximate surface area is 197 Å².